The Bertz CT molecular complexity index is 1210. The first-order valence-corrected chi connectivity index (χ1v) is 11.3. The molecule has 0 atom stereocenters. The Kier molecular flexibility index (Phi) is 6.89. The van der Waals surface area contributed by atoms with Gasteiger partial charge >= 0.3 is 0 Å². The second kappa shape index (κ2) is 9.61. The van der Waals surface area contributed by atoms with Gasteiger partial charge in [0, 0.05) is 17.8 Å². The van der Waals surface area contributed by atoms with E-state index in [9.17, 15) is 23.3 Å². The normalized spacial score (nSPS) is 11.2. The van der Waals surface area contributed by atoms with Crippen LogP contribution in [-0.4, -0.2) is 25.8 Å². The number of anilines is 2. The van der Waals surface area contributed by atoms with Crippen LogP contribution in [-0.2, 0) is 14.8 Å². The lowest BCUT2D eigenvalue weighted by Gasteiger charge is -2.24. The van der Waals surface area contributed by atoms with Crippen LogP contribution in [0.3, 0.4) is 0 Å². The molecule has 166 valence electrons. The Morgan fingerprint density at radius 3 is 2.25 bits per heavy atom. The molecule has 32 heavy (non-hydrogen) atoms. The molecular weight excluding hydrogens is 430 g/mol. The predicted molar refractivity (Wildman–Crippen MR) is 123 cm³/mol. The third-order valence-electron chi connectivity index (χ3n) is 4.81. The zero-order valence-electron chi connectivity index (χ0n) is 17.6. The first-order chi connectivity index (χ1) is 15.2. The highest BCUT2D eigenvalue weighted by molar-refractivity contribution is 7.92. The van der Waals surface area contributed by atoms with E-state index in [0.29, 0.717) is 11.6 Å². The molecule has 8 nitrogen and oxygen atoms in total. The van der Waals surface area contributed by atoms with Gasteiger partial charge in [0.25, 0.3) is 15.7 Å². The lowest BCUT2D eigenvalue weighted by Crippen LogP contribution is -2.38. The Balaban J connectivity index is 1.93. The first-order valence-electron chi connectivity index (χ1n) is 9.90. The van der Waals surface area contributed by atoms with Gasteiger partial charge < -0.3 is 5.32 Å². The van der Waals surface area contributed by atoms with E-state index in [1.807, 2.05) is 12.1 Å². The number of carbonyl (C=O) groups excluding carboxylic acids is 1. The molecule has 0 saturated carbocycles. The van der Waals surface area contributed by atoms with Gasteiger partial charge in [-0.1, -0.05) is 50.2 Å². The van der Waals surface area contributed by atoms with Gasteiger partial charge in [-0.3, -0.25) is 19.2 Å². The summed E-state index contributed by atoms with van der Waals surface area (Å²) in [4.78, 5) is 23.3. The van der Waals surface area contributed by atoms with Crippen molar-refractivity contribution in [1.29, 1.82) is 0 Å². The van der Waals surface area contributed by atoms with Gasteiger partial charge in [-0.05, 0) is 41.8 Å². The van der Waals surface area contributed by atoms with E-state index in [1.165, 1.54) is 30.3 Å². The Morgan fingerprint density at radius 2 is 1.66 bits per heavy atom. The van der Waals surface area contributed by atoms with E-state index in [-0.39, 0.29) is 16.3 Å². The van der Waals surface area contributed by atoms with E-state index in [4.69, 9.17) is 0 Å². The largest absolute Gasteiger partial charge is 0.325 e. The fraction of sp³-hybridized carbons (Fsp3) is 0.174. The van der Waals surface area contributed by atoms with Crippen LogP contribution in [0.2, 0.25) is 0 Å². The van der Waals surface area contributed by atoms with Crippen LogP contribution in [0.1, 0.15) is 25.3 Å². The Hall–Kier alpha value is -3.72. The molecule has 3 aromatic rings. The van der Waals surface area contributed by atoms with Crippen molar-refractivity contribution in [2.24, 2.45) is 0 Å². The van der Waals surface area contributed by atoms with Crippen LogP contribution in [0.15, 0.2) is 83.8 Å². The molecule has 3 rings (SSSR count). The summed E-state index contributed by atoms with van der Waals surface area (Å²) in [5.74, 6) is -0.242. The molecule has 9 heteroatoms. The van der Waals surface area contributed by atoms with Crippen molar-refractivity contribution in [3.8, 4) is 0 Å². The van der Waals surface area contributed by atoms with Gasteiger partial charge in [-0.25, -0.2) is 8.42 Å². The number of non-ortho nitro benzene ring substituents is 1. The van der Waals surface area contributed by atoms with E-state index in [0.717, 1.165) is 15.9 Å². The van der Waals surface area contributed by atoms with Crippen molar-refractivity contribution in [2.75, 3.05) is 16.2 Å². The first kappa shape index (κ1) is 23.0. The second-order valence-corrected chi connectivity index (χ2v) is 9.29. The third kappa shape index (κ3) is 5.30. The number of carbonyl (C=O) groups is 1. The quantitative estimate of drug-likeness (QED) is 0.397. The zero-order valence-corrected chi connectivity index (χ0v) is 18.5. The summed E-state index contributed by atoms with van der Waals surface area (Å²) in [6, 6.07) is 20.1. The van der Waals surface area contributed by atoms with Crippen molar-refractivity contribution in [3.05, 3.63) is 94.5 Å². The molecule has 0 fully saturated rings. The predicted octanol–water partition coefficient (Wildman–Crippen LogP) is 4.55. The number of sulfonamides is 1. The number of benzene rings is 3. The number of hydrogen-bond acceptors (Lipinski definition) is 5. The summed E-state index contributed by atoms with van der Waals surface area (Å²) >= 11 is 0. The fourth-order valence-electron chi connectivity index (χ4n) is 3.08. The van der Waals surface area contributed by atoms with E-state index < -0.39 is 27.4 Å². The molecular formula is C23H23N3O5S. The molecule has 0 aliphatic carbocycles. The maximum Gasteiger partial charge on any atom is 0.271 e. The molecule has 0 bridgehead atoms. The Labute approximate surface area is 186 Å². The van der Waals surface area contributed by atoms with Crippen LogP contribution in [0, 0.1) is 10.1 Å². The highest BCUT2D eigenvalue weighted by atomic mass is 32.2. The van der Waals surface area contributed by atoms with Gasteiger partial charge in [-0.15, -0.1) is 0 Å². The minimum atomic E-state index is -4.15. The number of nitro benzene ring substituents is 1. The number of nitrogens with one attached hydrogen (secondary N) is 1. The number of nitro groups is 1. The van der Waals surface area contributed by atoms with Crippen LogP contribution in [0.25, 0.3) is 0 Å². The summed E-state index contributed by atoms with van der Waals surface area (Å²) in [5, 5.41) is 13.9. The van der Waals surface area contributed by atoms with Crippen LogP contribution < -0.4 is 9.62 Å². The number of hydrogen-bond donors (Lipinski definition) is 1. The lowest BCUT2D eigenvalue weighted by molar-refractivity contribution is -0.384. The monoisotopic (exact) mass is 453 g/mol. The van der Waals surface area contributed by atoms with Crippen molar-refractivity contribution in [3.63, 3.8) is 0 Å². The molecule has 0 aliphatic heterocycles. The standard InChI is InChI=1S/C23H23N3O5S/c1-17(2)18-11-13-19(14-12-18)24-23(27)16-25(20-7-6-8-21(15-20)26(28)29)32(30,31)22-9-4-3-5-10-22/h3-15,17H,16H2,1-2H3,(H,24,27). The Morgan fingerprint density at radius 1 is 1.00 bits per heavy atom. The van der Waals surface area contributed by atoms with Gasteiger partial charge in [0.2, 0.25) is 5.91 Å². The minimum absolute atomic E-state index is 0.0216. The van der Waals surface area contributed by atoms with Crippen LogP contribution in [0.4, 0.5) is 17.1 Å². The summed E-state index contributed by atoms with van der Waals surface area (Å²) in [5.41, 5.74) is 1.37. The summed E-state index contributed by atoms with van der Waals surface area (Å²) < 4.78 is 27.5. The van der Waals surface area contributed by atoms with Crippen LogP contribution in [0.5, 0.6) is 0 Å². The molecule has 1 N–H and O–H groups in total. The topological polar surface area (TPSA) is 110 Å². The lowest BCUT2D eigenvalue weighted by atomic mass is 10.0. The second-order valence-electron chi connectivity index (χ2n) is 7.43. The van der Waals surface area contributed by atoms with Gasteiger partial charge in [-0.2, -0.15) is 0 Å². The van der Waals surface area contributed by atoms with E-state index >= 15 is 0 Å². The summed E-state index contributed by atoms with van der Waals surface area (Å²) in [6.45, 7) is 3.56. The van der Waals surface area contributed by atoms with Gasteiger partial charge in [0.05, 0.1) is 15.5 Å². The highest BCUT2D eigenvalue weighted by Crippen LogP contribution is 2.27. The molecule has 0 aliphatic rings. The smallest absolute Gasteiger partial charge is 0.271 e. The number of rotatable bonds is 8. The van der Waals surface area contributed by atoms with E-state index in [1.54, 1.807) is 30.3 Å². The van der Waals surface area contributed by atoms with Crippen molar-refractivity contribution < 1.29 is 18.1 Å². The number of amides is 1. The maximum absolute atomic E-state index is 13.3. The zero-order chi connectivity index (χ0) is 23.3. The molecule has 0 radical (unpaired) electrons. The molecule has 1 amide bonds. The molecule has 0 spiro atoms. The molecule has 0 heterocycles. The van der Waals surface area contributed by atoms with Crippen molar-refractivity contribution >= 4 is 33.0 Å². The molecule has 0 saturated heterocycles. The average Bonchev–Trinajstić information content (AvgIpc) is 2.78. The molecule has 0 unspecified atom stereocenters. The van der Waals surface area contributed by atoms with E-state index in [2.05, 4.69) is 19.2 Å². The molecule has 3 aromatic carbocycles. The highest BCUT2D eigenvalue weighted by Gasteiger charge is 2.28. The maximum atomic E-state index is 13.3. The van der Waals surface area contributed by atoms with Crippen molar-refractivity contribution in [1.82, 2.24) is 0 Å². The SMILES string of the molecule is CC(C)c1ccc(NC(=O)CN(c2cccc([N+](=O)[O-])c2)S(=O)(=O)c2ccccc2)cc1. The van der Waals surface area contributed by atoms with Crippen LogP contribution >= 0.6 is 0 Å². The average molecular weight is 454 g/mol. The fourth-order valence-corrected chi connectivity index (χ4v) is 4.51. The minimum Gasteiger partial charge on any atom is -0.325 e. The van der Waals surface area contributed by atoms with Crippen molar-refractivity contribution in [2.45, 2.75) is 24.7 Å². The number of nitrogens with zero attached hydrogens (tertiary/aromatic N) is 2. The molecule has 0 aromatic heterocycles. The third-order valence-corrected chi connectivity index (χ3v) is 6.60. The summed E-state index contributed by atoms with van der Waals surface area (Å²) in [6.07, 6.45) is 0. The van der Waals surface area contributed by atoms with Gasteiger partial charge in [0.15, 0.2) is 0 Å². The van der Waals surface area contributed by atoms with Gasteiger partial charge in [0.1, 0.15) is 6.54 Å². The summed E-state index contributed by atoms with van der Waals surface area (Å²) in [7, 11) is -4.15.